The van der Waals surface area contributed by atoms with Gasteiger partial charge in [0.2, 0.25) is 11.7 Å². The third-order valence-corrected chi connectivity index (χ3v) is 5.02. The van der Waals surface area contributed by atoms with Crippen LogP contribution in [0.25, 0.3) is 11.4 Å². The highest BCUT2D eigenvalue weighted by Gasteiger charge is 2.28. The second kappa shape index (κ2) is 6.28. The van der Waals surface area contributed by atoms with E-state index in [9.17, 15) is 5.11 Å². The molecular weight excluding hydrogens is 332 g/mol. The van der Waals surface area contributed by atoms with E-state index >= 15 is 0 Å². The smallest absolute Gasteiger partial charge is 0.232 e. The molecule has 3 rings (SSSR count). The fraction of sp³-hybridized carbons (Fsp3) is 0.500. The Kier molecular flexibility index (Phi) is 4.40. The highest BCUT2D eigenvalue weighted by Crippen LogP contribution is 2.32. The summed E-state index contributed by atoms with van der Waals surface area (Å²) in [4.78, 5) is 4.51. The summed E-state index contributed by atoms with van der Waals surface area (Å²) in [7, 11) is 0. The molecule has 1 aromatic carbocycles. The molecule has 112 valence electrons. The van der Waals surface area contributed by atoms with Gasteiger partial charge in [0.25, 0.3) is 0 Å². The molecule has 1 N–H and O–H groups in total. The molecule has 21 heavy (non-hydrogen) atoms. The van der Waals surface area contributed by atoms with Crippen LogP contribution in [0.15, 0.2) is 27.2 Å². The highest BCUT2D eigenvalue weighted by molar-refractivity contribution is 9.10. The van der Waals surface area contributed by atoms with Crippen molar-refractivity contribution >= 4 is 15.9 Å². The van der Waals surface area contributed by atoms with E-state index < -0.39 is 0 Å². The zero-order valence-electron chi connectivity index (χ0n) is 12.1. The molecule has 0 radical (unpaired) electrons. The van der Waals surface area contributed by atoms with Crippen molar-refractivity contribution in [1.82, 2.24) is 10.1 Å². The lowest BCUT2D eigenvalue weighted by Gasteiger charge is -2.15. The third kappa shape index (κ3) is 3.19. The Morgan fingerprint density at radius 2 is 2.05 bits per heavy atom. The zero-order valence-corrected chi connectivity index (χ0v) is 13.6. The van der Waals surface area contributed by atoms with E-state index in [0.29, 0.717) is 11.7 Å². The van der Waals surface area contributed by atoms with Gasteiger partial charge in [0, 0.05) is 10.0 Å². The minimum atomic E-state index is -0.370. The van der Waals surface area contributed by atoms with Gasteiger partial charge in [-0.2, -0.15) is 4.98 Å². The number of hydrogen-bond acceptors (Lipinski definition) is 4. The van der Waals surface area contributed by atoms with E-state index in [4.69, 9.17) is 4.52 Å². The Labute approximate surface area is 132 Å². The van der Waals surface area contributed by atoms with E-state index in [1.54, 1.807) is 0 Å². The van der Waals surface area contributed by atoms with Crippen LogP contribution in [0.2, 0.25) is 0 Å². The molecule has 0 saturated heterocycles. The Morgan fingerprint density at radius 3 is 2.86 bits per heavy atom. The van der Waals surface area contributed by atoms with Crippen LogP contribution in [0.5, 0.6) is 0 Å². The van der Waals surface area contributed by atoms with Crippen LogP contribution in [0.1, 0.15) is 49.5 Å². The molecule has 2 aromatic rings. The monoisotopic (exact) mass is 350 g/mol. The summed E-state index contributed by atoms with van der Waals surface area (Å²) in [6, 6.07) is 6.00. The number of nitrogens with zero attached hydrogens (tertiary/aromatic N) is 2. The van der Waals surface area contributed by atoms with Crippen molar-refractivity contribution in [2.45, 2.75) is 51.0 Å². The van der Waals surface area contributed by atoms with Crippen molar-refractivity contribution < 1.29 is 9.63 Å². The average Bonchev–Trinajstić information content (AvgIpc) is 2.85. The van der Waals surface area contributed by atoms with Gasteiger partial charge in [0.1, 0.15) is 0 Å². The Bertz CT molecular complexity index is 626. The SMILES string of the molecule is Cc1ccc(-c2noc(C3CCCCCC3O)n2)cc1Br. The molecule has 1 heterocycles. The van der Waals surface area contributed by atoms with E-state index in [-0.39, 0.29) is 12.0 Å². The maximum Gasteiger partial charge on any atom is 0.232 e. The summed E-state index contributed by atoms with van der Waals surface area (Å²) >= 11 is 3.52. The second-order valence-corrected chi connectivity index (χ2v) is 6.59. The van der Waals surface area contributed by atoms with Crippen LogP contribution < -0.4 is 0 Å². The first-order valence-corrected chi connectivity index (χ1v) is 8.22. The molecule has 1 fully saturated rings. The maximum atomic E-state index is 10.2. The molecule has 5 heteroatoms. The number of aliphatic hydroxyl groups excluding tert-OH is 1. The average molecular weight is 351 g/mol. The standard InChI is InChI=1S/C16H19BrN2O2/c1-10-7-8-11(9-13(10)17)15-18-16(21-19-15)12-5-3-2-4-6-14(12)20/h7-9,12,14,20H,2-6H2,1H3. The molecule has 1 aliphatic rings. The Balaban J connectivity index is 1.86. The van der Waals surface area contributed by atoms with Gasteiger partial charge in [-0.1, -0.05) is 52.5 Å². The van der Waals surface area contributed by atoms with Gasteiger partial charge < -0.3 is 9.63 Å². The summed E-state index contributed by atoms with van der Waals surface area (Å²) < 4.78 is 6.45. The molecule has 0 bridgehead atoms. The first kappa shape index (κ1) is 14.7. The molecule has 4 nitrogen and oxygen atoms in total. The molecule has 0 aliphatic heterocycles. The highest BCUT2D eigenvalue weighted by atomic mass is 79.9. The summed E-state index contributed by atoms with van der Waals surface area (Å²) in [5, 5.41) is 14.3. The first-order valence-electron chi connectivity index (χ1n) is 7.43. The number of aromatic nitrogens is 2. The number of hydrogen-bond donors (Lipinski definition) is 1. The summed E-state index contributed by atoms with van der Waals surface area (Å²) in [5.41, 5.74) is 2.09. The van der Waals surface area contributed by atoms with Crippen molar-refractivity contribution in [3.63, 3.8) is 0 Å². The lowest BCUT2D eigenvalue weighted by Crippen LogP contribution is -2.17. The number of aryl methyl sites for hydroxylation is 1. The normalized spacial score (nSPS) is 23.0. The molecule has 1 aliphatic carbocycles. The summed E-state index contributed by atoms with van der Waals surface area (Å²) in [6.07, 6.45) is 4.71. The van der Waals surface area contributed by atoms with Gasteiger partial charge in [0.15, 0.2) is 0 Å². The van der Waals surface area contributed by atoms with E-state index in [2.05, 4.69) is 26.1 Å². The van der Waals surface area contributed by atoms with E-state index in [0.717, 1.165) is 35.7 Å². The van der Waals surface area contributed by atoms with Gasteiger partial charge in [-0.25, -0.2) is 0 Å². The van der Waals surface area contributed by atoms with Crippen LogP contribution in [0.4, 0.5) is 0 Å². The van der Waals surface area contributed by atoms with Crippen LogP contribution >= 0.6 is 15.9 Å². The quantitative estimate of drug-likeness (QED) is 0.823. The fourth-order valence-electron chi connectivity index (χ4n) is 2.81. The lowest BCUT2D eigenvalue weighted by atomic mass is 9.97. The van der Waals surface area contributed by atoms with Crippen molar-refractivity contribution in [1.29, 1.82) is 0 Å². The Morgan fingerprint density at radius 1 is 1.24 bits per heavy atom. The van der Waals surface area contributed by atoms with Gasteiger partial charge in [-0.15, -0.1) is 0 Å². The predicted octanol–water partition coefficient (Wildman–Crippen LogP) is 4.22. The minimum Gasteiger partial charge on any atom is -0.392 e. The van der Waals surface area contributed by atoms with Crippen molar-refractivity contribution in [3.8, 4) is 11.4 Å². The zero-order chi connectivity index (χ0) is 14.8. The first-order chi connectivity index (χ1) is 10.1. The number of aliphatic hydroxyl groups is 1. The van der Waals surface area contributed by atoms with Crippen LogP contribution in [0.3, 0.4) is 0 Å². The van der Waals surface area contributed by atoms with Crippen molar-refractivity contribution in [3.05, 3.63) is 34.1 Å². The van der Waals surface area contributed by atoms with Crippen LogP contribution in [-0.4, -0.2) is 21.4 Å². The summed E-state index contributed by atoms with van der Waals surface area (Å²) in [5.74, 6) is 1.13. The minimum absolute atomic E-state index is 0.0253. The number of rotatable bonds is 2. The van der Waals surface area contributed by atoms with Crippen LogP contribution in [0, 0.1) is 6.92 Å². The molecule has 2 unspecified atom stereocenters. The predicted molar refractivity (Wildman–Crippen MR) is 84.0 cm³/mol. The van der Waals surface area contributed by atoms with Crippen LogP contribution in [-0.2, 0) is 0 Å². The molecule has 1 saturated carbocycles. The molecule has 0 spiro atoms. The largest absolute Gasteiger partial charge is 0.392 e. The molecular formula is C16H19BrN2O2. The van der Waals surface area contributed by atoms with E-state index in [1.165, 1.54) is 12.0 Å². The third-order valence-electron chi connectivity index (χ3n) is 4.17. The van der Waals surface area contributed by atoms with Crippen molar-refractivity contribution in [2.24, 2.45) is 0 Å². The lowest BCUT2D eigenvalue weighted by molar-refractivity contribution is 0.119. The maximum absolute atomic E-state index is 10.2. The van der Waals surface area contributed by atoms with Gasteiger partial charge in [-0.3, -0.25) is 0 Å². The molecule has 1 aromatic heterocycles. The van der Waals surface area contributed by atoms with Gasteiger partial charge in [0.05, 0.1) is 12.0 Å². The van der Waals surface area contributed by atoms with E-state index in [1.807, 2.05) is 25.1 Å². The van der Waals surface area contributed by atoms with Crippen molar-refractivity contribution in [2.75, 3.05) is 0 Å². The van der Waals surface area contributed by atoms with Gasteiger partial charge in [-0.05, 0) is 31.4 Å². The topological polar surface area (TPSA) is 59.2 Å². The summed E-state index contributed by atoms with van der Waals surface area (Å²) in [6.45, 7) is 2.04. The number of benzene rings is 1. The Hall–Kier alpha value is -1.20. The molecule has 2 atom stereocenters. The molecule has 0 amide bonds. The van der Waals surface area contributed by atoms with Gasteiger partial charge >= 0.3 is 0 Å². The number of halogens is 1. The second-order valence-electron chi connectivity index (χ2n) is 5.73. The fourth-order valence-corrected chi connectivity index (χ4v) is 3.19.